The van der Waals surface area contributed by atoms with E-state index in [4.69, 9.17) is 17.1 Å². The predicted octanol–water partition coefficient (Wildman–Crippen LogP) is 4.93. The van der Waals surface area contributed by atoms with Gasteiger partial charge in [-0.2, -0.15) is 5.26 Å². The summed E-state index contributed by atoms with van der Waals surface area (Å²) in [5.74, 6) is -2.07. The Kier molecular flexibility index (Phi) is 4.67. The van der Waals surface area contributed by atoms with Crippen molar-refractivity contribution in [1.29, 1.82) is 5.26 Å². The highest BCUT2D eigenvalue weighted by Gasteiger charge is 2.16. The molecule has 1 aromatic heterocycles. The van der Waals surface area contributed by atoms with E-state index in [0.29, 0.717) is 0 Å². The number of hydrogen-bond acceptors (Lipinski definition) is 6. The fourth-order valence-corrected chi connectivity index (χ4v) is 2.81. The van der Waals surface area contributed by atoms with Crippen LogP contribution in [0.15, 0.2) is 48.5 Å². The topological polar surface area (TPSA) is 78.2 Å². The van der Waals surface area contributed by atoms with Crippen LogP contribution in [0.3, 0.4) is 0 Å². The van der Waals surface area contributed by atoms with Gasteiger partial charge in [0.05, 0.1) is 33.0 Å². The molecule has 0 saturated carbocycles. The maximum absolute atomic E-state index is 14.4. The number of nitriles is 1. The highest BCUT2D eigenvalue weighted by molar-refractivity contribution is 5.98. The number of pyridine rings is 1. The molecular weight excluding hydrogens is 419 g/mol. The number of rotatable bonds is 9. The second-order valence-corrected chi connectivity index (χ2v) is 7.05. The first kappa shape index (κ1) is 14.4. The van der Waals surface area contributed by atoms with E-state index in [2.05, 4.69) is 10.3 Å². The van der Waals surface area contributed by atoms with Crippen LogP contribution in [0.5, 0.6) is 5.75 Å². The molecule has 0 fully saturated rings. The van der Waals surface area contributed by atoms with Gasteiger partial charge in [0, 0.05) is 44.5 Å². The van der Waals surface area contributed by atoms with Crippen molar-refractivity contribution in [2.24, 2.45) is 0 Å². The van der Waals surface area contributed by atoms with Crippen LogP contribution in [0.25, 0.3) is 10.9 Å². The van der Waals surface area contributed by atoms with Gasteiger partial charge in [-0.05, 0) is 63.8 Å². The van der Waals surface area contributed by atoms with E-state index in [1.54, 1.807) is 13.0 Å². The van der Waals surface area contributed by atoms with Gasteiger partial charge in [-0.25, -0.2) is 4.39 Å². The smallest absolute Gasteiger partial charge is 0.159 e. The second-order valence-electron chi connectivity index (χ2n) is 7.05. The Morgan fingerprint density at radius 3 is 2.91 bits per heavy atom. The van der Waals surface area contributed by atoms with Crippen LogP contribution in [0, 0.1) is 24.1 Å². The number of ketones is 1. The van der Waals surface area contributed by atoms with Crippen LogP contribution >= 0.6 is 0 Å². The van der Waals surface area contributed by atoms with Crippen LogP contribution < -0.4 is 10.1 Å². The second kappa shape index (κ2) is 10.7. The summed E-state index contributed by atoms with van der Waals surface area (Å²) in [5, 5.41) is 12.3. The lowest BCUT2D eigenvalue weighted by atomic mass is 10.0. The fourth-order valence-electron chi connectivity index (χ4n) is 2.81. The summed E-state index contributed by atoms with van der Waals surface area (Å²) >= 11 is 0. The summed E-state index contributed by atoms with van der Waals surface area (Å²) in [6, 6.07) is -1.79. The van der Waals surface area contributed by atoms with Crippen LogP contribution in [0.4, 0.5) is 15.8 Å². The number of hydrogen-bond donors (Lipinski definition) is 1. The molecule has 0 bridgehead atoms. The van der Waals surface area contributed by atoms with E-state index in [0.717, 1.165) is 11.0 Å². The molecule has 170 valence electrons. The number of ether oxygens (including phenoxy) is 1. The molecule has 0 radical (unpaired) electrons. The molecule has 3 rings (SSSR count). The van der Waals surface area contributed by atoms with Crippen molar-refractivity contribution in [3.63, 3.8) is 0 Å². The third-order valence-corrected chi connectivity index (χ3v) is 4.26. The minimum atomic E-state index is -2.27. The van der Waals surface area contributed by atoms with Gasteiger partial charge < -0.3 is 15.0 Å². The van der Waals surface area contributed by atoms with Crippen molar-refractivity contribution in [2.75, 3.05) is 32.5 Å². The third kappa shape index (κ3) is 5.93. The minimum absolute atomic E-state index is 0.0153. The lowest BCUT2D eigenvalue weighted by Crippen LogP contribution is -2.11. The molecule has 7 heteroatoms. The first-order valence-corrected chi connectivity index (χ1v) is 9.92. The Labute approximate surface area is 206 Å². The largest absolute Gasteiger partial charge is 0.494 e. The number of carbonyl (C=O) groups excluding carboxylic acids is 1. The Hall–Kier alpha value is -3.76. The SMILES string of the molecule is [2H]/C(=C\C(=O)Cc1c(OCC)c([2H])c2nc([2H])c(C#N)c(Nc3c([2H])c([2H])c(F)c(C)c3[2H])c2c1[2H])C([2H])([2H])N(C)C. The highest BCUT2D eigenvalue weighted by Crippen LogP contribution is 2.34. The maximum Gasteiger partial charge on any atom is 0.159 e. The number of likely N-dealkylation sites (N-methyl/N-ethyl adjacent to an activating group) is 1. The third-order valence-electron chi connectivity index (χ3n) is 4.26. The summed E-state index contributed by atoms with van der Waals surface area (Å²) in [4.78, 5) is 18.1. The van der Waals surface area contributed by atoms with E-state index in [1.165, 1.54) is 21.0 Å². The molecule has 0 spiro atoms. The average molecular weight is 456 g/mol. The first-order chi connectivity index (χ1) is 19.5. The average Bonchev–Trinajstić information content (AvgIpc) is 2.93. The number of nitrogens with zero attached hydrogens (tertiary/aromatic N) is 3. The Morgan fingerprint density at radius 1 is 1.42 bits per heavy atom. The highest BCUT2D eigenvalue weighted by atomic mass is 19.1. The number of carbonyl (C=O) groups is 1. The van der Waals surface area contributed by atoms with Gasteiger partial charge in [-0.1, -0.05) is 6.05 Å². The van der Waals surface area contributed by atoms with E-state index < -0.39 is 72.5 Å². The van der Waals surface area contributed by atoms with Gasteiger partial charge in [0.25, 0.3) is 0 Å². The molecule has 1 N–H and O–H groups in total. The number of allylic oxidation sites excluding steroid dienone is 1. The first-order valence-electron chi connectivity index (χ1n) is 14.4. The van der Waals surface area contributed by atoms with Crippen molar-refractivity contribution in [2.45, 2.75) is 20.3 Å². The lowest BCUT2D eigenvalue weighted by molar-refractivity contribution is -0.114. The number of halogens is 1. The molecule has 6 nitrogen and oxygen atoms in total. The summed E-state index contributed by atoms with van der Waals surface area (Å²) in [6.45, 7) is 0.573. The number of nitrogens with one attached hydrogen (secondary N) is 1. The quantitative estimate of drug-likeness (QED) is 0.461. The van der Waals surface area contributed by atoms with Crippen molar-refractivity contribution >= 4 is 28.1 Å². The number of fused-ring (bicyclic) bond motifs is 1. The van der Waals surface area contributed by atoms with Crippen LogP contribution in [0.2, 0.25) is 0 Å². The van der Waals surface area contributed by atoms with Crippen molar-refractivity contribution in [1.82, 2.24) is 9.88 Å². The summed E-state index contributed by atoms with van der Waals surface area (Å²) in [7, 11) is 2.78. The molecule has 0 unspecified atom stereocenters. The molecule has 0 aliphatic heterocycles. The minimum Gasteiger partial charge on any atom is -0.494 e. The van der Waals surface area contributed by atoms with Crippen LogP contribution in [-0.2, 0) is 11.2 Å². The van der Waals surface area contributed by atoms with Gasteiger partial charge in [-0.15, -0.1) is 0 Å². The van der Waals surface area contributed by atoms with E-state index in [1.807, 2.05) is 0 Å². The molecule has 0 aliphatic rings. The predicted molar refractivity (Wildman–Crippen MR) is 128 cm³/mol. The Balaban J connectivity index is 2.38. The maximum atomic E-state index is 14.4. The Morgan fingerprint density at radius 2 is 2.21 bits per heavy atom. The molecule has 33 heavy (non-hydrogen) atoms. The molecule has 1 heterocycles. The fraction of sp³-hybridized carbons (Fsp3) is 0.269. The van der Waals surface area contributed by atoms with Crippen molar-refractivity contribution in [3.05, 3.63) is 71.0 Å². The molecule has 0 aliphatic carbocycles. The van der Waals surface area contributed by atoms with Crippen molar-refractivity contribution in [3.8, 4) is 11.8 Å². The molecular formula is C26H27FN4O2. The number of benzene rings is 2. The van der Waals surface area contributed by atoms with E-state index in [-0.39, 0.29) is 45.8 Å². The zero-order chi connectivity index (χ0) is 31.8. The number of aromatic nitrogens is 1. The standard InChI is InChI=1S/C26H27FN4O2/c1-5-33-25-14-24-22(13-18(25)12-21(32)7-6-10-31(3)4)26(19(15-28)16-29-24)30-20-8-9-23(27)17(2)11-20/h6-9,11,13-14,16H,5,10,12H2,1-4H3,(H,29,30)/b7-6+/i6D,8D,9D,10D2,11D,13D,14D,16D. The summed E-state index contributed by atoms with van der Waals surface area (Å²) in [5.41, 5.74) is -1.79. The molecule has 0 saturated heterocycles. The molecule has 2 aromatic carbocycles. The lowest BCUT2D eigenvalue weighted by Gasteiger charge is -2.15. The number of anilines is 2. The molecule has 3 aromatic rings. The Bertz CT molecular complexity index is 1660. The summed E-state index contributed by atoms with van der Waals surface area (Å²) in [6.07, 6.45) is -0.447. The molecule has 0 amide bonds. The zero-order valence-corrected chi connectivity index (χ0v) is 18.5. The van der Waals surface area contributed by atoms with Crippen molar-refractivity contribution < 1.29 is 26.3 Å². The van der Waals surface area contributed by atoms with Gasteiger partial charge in [0.15, 0.2) is 5.78 Å². The monoisotopic (exact) mass is 455 g/mol. The van der Waals surface area contributed by atoms with E-state index in [9.17, 15) is 14.4 Å². The normalized spacial score (nSPS) is 15.8. The van der Waals surface area contributed by atoms with Crippen LogP contribution in [0.1, 0.15) is 36.0 Å². The summed E-state index contributed by atoms with van der Waals surface area (Å²) < 4.78 is 94.4. The van der Waals surface area contributed by atoms with Gasteiger partial charge in [0.1, 0.15) is 17.6 Å². The van der Waals surface area contributed by atoms with Crippen LogP contribution in [-0.4, -0.2) is 42.9 Å². The van der Waals surface area contributed by atoms with Gasteiger partial charge in [0.2, 0.25) is 0 Å². The van der Waals surface area contributed by atoms with Gasteiger partial charge >= 0.3 is 0 Å². The van der Waals surface area contributed by atoms with Gasteiger partial charge in [-0.3, -0.25) is 9.78 Å². The zero-order valence-electron chi connectivity index (χ0n) is 27.5. The molecule has 0 atom stereocenters. The van der Waals surface area contributed by atoms with E-state index >= 15 is 0 Å².